The lowest BCUT2D eigenvalue weighted by molar-refractivity contribution is 0.282. The Kier molecular flexibility index (Phi) is 4.99. The van der Waals surface area contributed by atoms with Crippen LogP contribution in [0.3, 0.4) is 0 Å². The van der Waals surface area contributed by atoms with Gasteiger partial charge in [-0.3, -0.25) is 0 Å². The fourth-order valence-electron chi connectivity index (χ4n) is 1.70. The van der Waals surface area contributed by atoms with Crippen LogP contribution in [0.1, 0.15) is 31.3 Å². The molecule has 0 fully saturated rings. The highest BCUT2D eigenvalue weighted by atomic mass is 79.9. The summed E-state index contributed by atoms with van der Waals surface area (Å²) in [6.45, 7) is 4.56. The van der Waals surface area contributed by atoms with Crippen LogP contribution in [0.5, 0.6) is 5.75 Å². The second-order valence-corrected chi connectivity index (χ2v) is 5.81. The molecule has 0 saturated heterocycles. The molecule has 2 rings (SSSR count). The van der Waals surface area contributed by atoms with Gasteiger partial charge < -0.3 is 4.74 Å². The first-order valence-electron chi connectivity index (χ1n) is 5.97. The maximum absolute atomic E-state index is 5.77. The maximum Gasteiger partial charge on any atom is 0.165 e. The summed E-state index contributed by atoms with van der Waals surface area (Å²) >= 11 is 6.95. The molecule has 4 nitrogen and oxygen atoms in total. The molecular formula is C13H15Br2N3O. The number of halogens is 2. The van der Waals surface area contributed by atoms with Gasteiger partial charge in [0, 0.05) is 15.8 Å². The van der Waals surface area contributed by atoms with E-state index in [-0.39, 0.29) is 6.04 Å². The van der Waals surface area contributed by atoms with Crippen molar-refractivity contribution in [3.63, 3.8) is 0 Å². The van der Waals surface area contributed by atoms with Crippen LogP contribution >= 0.6 is 31.9 Å². The summed E-state index contributed by atoms with van der Waals surface area (Å²) in [5.74, 6) is 1.66. The Labute approximate surface area is 129 Å². The number of hydrogen-bond acceptors (Lipinski definition) is 3. The minimum absolute atomic E-state index is 0.282. The van der Waals surface area contributed by atoms with Crippen molar-refractivity contribution in [3.05, 3.63) is 40.4 Å². The highest BCUT2D eigenvalue weighted by Crippen LogP contribution is 2.25. The Bertz CT molecular complexity index is 555. The SMILES string of the molecule is CC(C)n1ncnc1COc1ccc(Br)c(CBr)c1. The lowest BCUT2D eigenvalue weighted by Gasteiger charge is -2.11. The van der Waals surface area contributed by atoms with Crippen molar-refractivity contribution in [2.45, 2.75) is 31.8 Å². The third-order valence-electron chi connectivity index (χ3n) is 2.67. The second kappa shape index (κ2) is 6.52. The summed E-state index contributed by atoms with van der Waals surface area (Å²) in [5, 5.41) is 4.97. The molecule has 19 heavy (non-hydrogen) atoms. The van der Waals surface area contributed by atoms with Crippen LogP contribution in [0.2, 0.25) is 0 Å². The van der Waals surface area contributed by atoms with Crippen molar-refractivity contribution in [1.82, 2.24) is 14.8 Å². The molecule has 2 aromatic rings. The quantitative estimate of drug-likeness (QED) is 0.724. The Morgan fingerprint density at radius 3 is 2.84 bits per heavy atom. The molecule has 0 radical (unpaired) electrons. The standard InChI is InChI=1S/C13H15Br2N3O/c1-9(2)18-13(16-8-17-18)7-19-11-3-4-12(15)10(5-11)6-14/h3-5,8-9H,6-7H2,1-2H3. The summed E-state index contributed by atoms with van der Waals surface area (Å²) in [6.07, 6.45) is 1.56. The van der Waals surface area contributed by atoms with Gasteiger partial charge in [0.05, 0.1) is 0 Å². The fourth-order valence-corrected chi connectivity index (χ4v) is 2.93. The first-order chi connectivity index (χ1) is 9.11. The smallest absolute Gasteiger partial charge is 0.165 e. The molecule has 0 aliphatic rings. The van der Waals surface area contributed by atoms with E-state index in [4.69, 9.17) is 4.74 Å². The molecule has 0 saturated carbocycles. The minimum Gasteiger partial charge on any atom is -0.486 e. The molecule has 0 N–H and O–H groups in total. The van der Waals surface area contributed by atoms with Gasteiger partial charge in [-0.25, -0.2) is 9.67 Å². The first-order valence-corrected chi connectivity index (χ1v) is 7.89. The molecule has 1 aromatic heterocycles. The highest BCUT2D eigenvalue weighted by molar-refractivity contribution is 9.10. The molecule has 0 atom stereocenters. The Balaban J connectivity index is 2.08. The Morgan fingerprint density at radius 1 is 1.37 bits per heavy atom. The van der Waals surface area contributed by atoms with Gasteiger partial charge in [-0.15, -0.1) is 0 Å². The Morgan fingerprint density at radius 2 is 2.16 bits per heavy atom. The molecular weight excluding hydrogens is 374 g/mol. The molecule has 0 aliphatic heterocycles. The summed E-state index contributed by atoms with van der Waals surface area (Å²) in [7, 11) is 0. The van der Waals surface area contributed by atoms with Crippen LogP contribution in [0, 0.1) is 0 Å². The molecule has 6 heteroatoms. The van der Waals surface area contributed by atoms with E-state index >= 15 is 0 Å². The lowest BCUT2D eigenvalue weighted by Crippen LogP contribution is -2.10. The van der Waals surface area contributed by atoms with Gasteiger partial charge >= 0.3 is 0 Å². The van der Waals surface area contributed by atoms with Gasteiger partial charge in [0.15, 0.2) is 5.82 Å². The number of aromatic nitrogens is 3. The van der Waals surface area contributed by atoms with Crippen molar-refractivity contribution in [2.24, 2.45) is 0 Å². The third kappa shape index (κ3) is 3.57. The summed E-state index contributed by atoms with van der Waals surface area (Å²) in [4.78, 5) is 4.22. The van der Waals surface area contributed by atoms with Crippen LogP contribution in [-0.4, -0.2) is 14.8 Å². The molecule has 0 aliphatic carbocycles. The van der Waals surface area contributed by atoms with Crippen LogP contribution < -0.4 is 4.74 Å². The average molecular weight is 389 g/mol. The molecule has 0 bridgehead atoms. The molecule has 1 heterocycles. The van der Waals surface area contributed by atoms with E-state index in [1.165, 1.54) is 0 Å². The zero-order valence-corrected chi connectivity index (χ0v) is 14.0. The van der Waals surface area contributed by atoms with Gasteiger partial charge in [-0.2, -0.15) is 5.10 Å². The molecule has 0 unspecified atom stereocenters. The summed E-state index contributed by atoms with van der Waals surface area (Å²) in [5.41, 5.74) is 1.16. The Hall–Kier alpha value is -0.880. The number of nitrogens with zero attached hydrogens (tertiary/aromatic N) is 3. The summed E-state index contributed by atoms with van der Waals surface area (Å²) < 4.78 is 8.71. The number of rotatable bonds is 5. The van der Waals surface area contributed by atoms with E-state index in [0.29, 0.717) is 6.61 Å². The highest BCUT2D eigenvalue weighted by Gasteiger charge is 2.08. The third-order valence-corrected chi connectivity index (χ3v) is 4.04. The van der Waals surface area contributed by atoms with E-state index in [1.807, 2.05) is 22.9 Å². The van der Waals surface area contributed by atoms with Gasteiger partial charge in [0.25, 0.3) is 0 Å². The van der Waals surface area contributed by atoms with Gasteiger partial charge in [0.1, 0.15) is 18.7 Å². The minimum atomic E-state index is 0.282. The van der Waals surface area contributed by atoms with Crippen molar-refractivity contribution in [3.8, 4) is 5.75 Å². The molecule has 0 amide bonds. The average Bonchev–Trinajstić information content (AvgIpc) is 2.86. The van der Waals surface area contributed by atoms with Crippen LogP contribution in [0.15, 0.2) is 29.0 Å². The van der Waals surface area contributed by atoms with Gasteiger partial charge in [0.2, 0.25) is 0 Å². The van der Waals surface area contributed by atoms with Gasteiger partial charge in [-0.1, -0.05) is 31.9 Å². The number of ether oxygens (including phenoxy) is 1. The van der Waals surface area contributed by atoms with Crippen molar-refractivity contribution in [2.75, 3.05) is 0 Å². The zero-order chi connectivity index (χ0) is 13.8. The lowest BCUT2D eigenvalue weighted by atomic mass is 10.2. The monoisotopic (exact) mass is 387 g/mol. The zero-order valence-electron chi connectivity index (χ0n) is 10.8. The van der Waals surface area contributed by atoms with Crippen LogP contribution in [0.25, 0.3) is 0 Å². The van der Waals surface area contributed by atoms with E-state index in [9.17, 15) is 0 Å². The van der Waals surface area contributed by atoms with Crippen LogP contribution in [0.4, 0.5) is 0 Å². The van der Waals surface area contributed by atoms with E-state index < -0.39 is 0 Å². The largest absolute Gasteiger partial charge is 0.486 e. The predicted molar refractivity (Wildman–Crippen MR) is 81.5 cm³/mol. The van der Waals surface area contributed by atoms with Crippen LogP contribution in [-0.2, 0) is 11.9 Å². The maximum atomic E-state index is 5.77. The second-order valence-electron chi connectivity index (χ2n) is 4.39. The molecule has 102 valence electrons. The fraction of sp³-hybridized carbons (Fsp3) is 0.385. The number of benzene rings is 1. The molecule has 0 spiro atoms. The van der Waals surface area contributed by atoms with Crippen molar-refractivity contribution >= 4 is 31.9 Å². The molecule has 1 aromatic carbocycles. The first kappa shape index (κ1) is 14.5. The normalized spacial score (nSPS) is 11.0. The van der Waals surface area contributed by atoms with Crippen molar-refractivity contribution in [1.29, 1.82) is 0 Å². The van der Waals surface area contributed by atoms with E-state index in [1.54, 1.807) is 6.33 Å². The van der Waals surface area contributed by atoms with Crippen molar-refractivity contribution < 1.29 is 4.74 Å². The van der Waals surface area contributed by atoms with E-state index in [2.05, 4.69) is 55.8 Å². The number of alkyl halides is 1. The predicted octanol–water partition coefficient (Wildman–Crippen LogP) is 4.10. The summed E-state index contributed by atoms with van der Waals surface area (Å²) in [6, 6.07) is 6.21. The van der Waals surface area contributed by atoms with E-state index in [0.717, 1.165) is 26.9 Å². The number of hydrogen-bond donors (Lipinski definition) is 0. The topological polar surface area (TPSA) is 39.9 Å². The van der Waals surface area contributed by atoms with Gasteiger partial charge in [-0.05, 0) is 37.6 Å².